The predicted molar refractivity (Wildman–Crippen MR) is 109 cm³/mol. The van der Waals surface area contributed by atoms with Gasteiger partial charge in [0.1, 0.15) is 0 Å². The van der Waals surface area contributed by atoms with Gasteiger partial charge in [-0.3, -0.25) is 4.98 Å². The summed E-state index contributed by atoms with van der Waals surface area (Å²) < 4.78 is 0. The molecule has 26 heavy (non-hydrogen) atoms. The topological polar surface area (TPSA) is 12.9 Å². The van der Waals surface area contributed by atoms with E-state index in [1.54, 1.807) is 0 Å². The molecule has 1 aliphatic rings. The van der Waals surface area contributed by atoms with Gasteiger partial charge in [-0.25, -0.2) is 0 Å². The van der Waals surface area contributed by atoms with Crippen LogP contribution in [0, 0.1) is 6.92 Å². The molecule has 0 spiro atoms. The largest absolute Gasteiger partial charge is 0.256 e. The Labute approximate surface area is 154 Å². The average molecular weight is 335 g/mol. The van der Waals surface area contributed by atoms with Crippen LogP contribution in [0.2, 0.25) is 0 Å². The Morgan fingerprint density at radius 1 is 0.769 bits per heavy atom. The van der Waals surface area contributed by atoms with E-state index in [4.69, 9.17) is 4.98 Å². The van der Waals surface area contributed by atoms with Crippen LogP contribution in [0.4, 0.5) is 0 Å². The van der Waals surface area contributed by atoms with E-state index in [0.717, 1.165) is 5.69 Å². The van der Waals surface area contributed by atoms with Crippen molar-refractivity contribution in [2.75, 3.05) is 0 Å². The zero-order valence-corrected chi connectivity index (χ0v) is 15.4. The van der Waals surface area contributed by atoms with Gasteiger partial charge in [-0.1, -0.05) is 74.5 Å². The third-order valence-electron chi connectivity index (χ3n) is 5.84. The highest BCUT2D eigenvalue weighted by atomic mass is 14.7. The first-order valence-electron chi connectivity index (χ1n) is 9.17. The van der Waals surface area contributed by atoms with Crippen molar-refractivity contribution in [3.05, 3.63) is 89.6 Å². The minimum Gasteiger partial charge on any atom is -0.256 e. The number of hydrogen-bond donors (Lipinski definition) is 0. The second-order valence-corrected chi connectivity index (χ2v) is 7.73. The van der Waals surface area contributed by atoms with Crippen LogP contribution in [-0.4, -0.2) is 4.98 Å². The van der Waals surface area contributed by atoms with Crippen molar-refractivity contribution in [1.29, 1.82) is 0 Å². The van der Waals surface area contributed by atoms with Gasteiger partial charge in [0.25, 0.3) is 0 Å². The summed E-state index contributed by atoms with van der Waals surface area (Å²) in [5.74, 6) is 0. The predicted octanol–water partition coefficient (Wildman–Crippen LogP) is 6.52. The maximum Gasteiger partial charge on any atom is 0.0786 e. The van der Waals surface area contributed by atoms with Gasteiger partial charge in [0.15, 0.2) is 0 Å². The molecule has 0 amide bonds. The van der Waals surface area contributed by atoms with Crippen LogP contribution in [-0.2, 0) is 5.41 Å². The monoisotopic (exact) mass is 335 g/mol. The lowest BCUT2D eigenvalue weighted by molar-refractivity contribution is 0.661. The molecule has 5 rings (SSSR count). The van der Waals surface area contributed by atoms with Crippen molar-refractivity contribution < 1.29 is 0 Å². The van der Waals surface area contributed by atoms with Gasteiger partial charge in [-0.15, -0.1) is 0 Å². The first-order valence-corrected chi connectivity index (χ1v) is 9.17. The molecule has 3 aromatic carbocycles. The molecule has 0 N–H and O–H groups in total. The maximum atomic E-state index is 4.84. The molecule has 1 heterocycles. The lowest BCUT2D eigenvalue weighted by Crippen LogP contribution is -2.17. The van der Waals surface area contributed by atoms with Gasteiger partial charge in [0.05, 0.1) is 5.69 Å². The van der Waals surface area contributed by atoms with E-state index >= 15 is 0 Å². The Bertz CT molecular complexity index is 1160. The molecule has 4 aromatic rings. The number of nitrogens with zero attached hydrogens (tertiary/aromatic N) is 1. The number of fused-ring (bicyclic) bond motifs is 4. The first-order chi connectivity index (χ1) is 12.6. The SMILES string of the molecule is Cc1ccc2c(c1-c1nccc3ccccc13)C(C)(C)c1ccccc1-2. The quantitative estimate of drug-likeness (QED) is 0.386. The van der Waals surface area contributed by atoms with Crippen molar-refractivity contribution in [3.8, 4) is 22.4 Å². The Hall–Kier alpha value is -2.93. The van der Waals surface area contributed by atoms with Gasteiger partial charge in [0, 0.05) is 22.6 Å². The number of benzene rings is 3. The van der Waals surface area contributed by atoms with E-state index in [1.807, 2.05) is 6.20 Å². The Balaban J connectivity index is 1.92. The molecule has 0 radical (unpaired) electrons. The van der Waals surface area contributed by atoms with Crippen molar-refractivity contribution >= 4 is 10.8 Å². The van der Waals surface area contributed by atoms with Gasteiger partial charge in [-0.2, -0.15) is 0 Å². The Morgan fingerprint density at radius 2 is 1.54 bits per heavy atom. The van der Waals surface area contributed by atoms with Crippen molar-refractivity contribution in [2.24, 2.45) is 0 Å². The second kappa shape index (κ2) is 5.28. The molecule has 0 unspecified atom stereocenters. The summed E-state index contributed by atoms with van der Waals surface area (Å²) in [4.78, 5) is 4.84. The smallest absolute Gasteiger partial charge is 0.0786 e. The molecule has 1 aliphatic carbocycles. The van der Waals surface area contributed by atoms with Crippen molar-refractivity contribution in [1.82, 2.24) is 4.98 Å². The maximum absolute atomic E-state index is 4.84. The highest BCUT2D eigenvalue weighted by molar-refractivity contribution is 5.99. The van der Waals surface area contributed by atoms with Gasteiger partial charge in [-0.05, 0) is 46.2 Å². The van der Waals surface area contributed by atoms with Crippen LogP contribution in [0.15, 0.2) is 72.9 Å². The van der Waals surface area contributed by atoms with E-state index in [-0.39, 0.29) is 5.41 Å². The molecule has 126 valence electrons. The van der Waals surface area contributed by atoms with Crippen LogP contribution in [0.5, 0.6) is 0 Å². The van der Waals surface area contributed by atoms with Gasteiger partial charge >= 0.3 is 0 Å². The molecule has 0 atom stereocenters. The fourth-order valence-corrected chi connectivity index (χ4v) is 4.60. The summed E-state index contributed by atoms with van der Waals surface area (Å²) in [7, 11) is 0. The summed E-state index contributed by atoms with van der Waals surface area (Å²) in [6, 6.07) is 24.0. The van der Waals surface area contributed by atoms with Crippen LogP contribution < -0.4 is 0 Å². The van der Waals surface area contributed by atoms with E-state index in [1.165, 1.54) is 44.2 Å². The third-order valence-corrected chi connectivity index (χ3v) is 5.84. The highest BCUT2D eigenvalue weighted by Crippen LogP contribution is 2.53. The van der Waals surface area contributed by atoms with Crippen molar-refractivity contribution in [3.63, 3.8) is 0 Å². The van der Waals surface area contributed by atoms with Crippen LogP contribution in [0.25, 0.3) is 33.2 Å². The summed E-state index contributed by atoms with van der Waals surface area (Å²) in [6.07, 6.45) is 1.94. The molecular formula is C25H21N. The van der Waals surface area contributed by atoms with E-state index < -0.39 is 0 Å². The molecule has 1 heteroatoms. The number of aromatic nitrogens is 1. The molecule has 0 saturated carbocycles. The summed E-state index contributed by atoms with van der Waals surface area (Å²) in [6.45, 7) is 6.88. The molecule has 0 aliphatic heterocycles. The minimum absolute atomic E-state index is 0.0358. The van der Waals surface area contributed by atoms with Gasteiger partial charge < -0.3 is 0 Å². The summed E-state index contributed by atoms with van der Waals surface area (Å²) in [5.41, 5.74) is 9.15. The van der Waals surface area contributed by atoms with Crippen LogP contribution in [0.3, 0.4) is 0 Å². The summed E-state index contributed by atoms with van der Waals surface area (Å²) >= 11 is 0. The fraction of sp³-hybridized carbons (Fsp3) is 0.160. The molecule has 0 fully saturated rings. The van der Waals surface area contributed by atoms with Crippen LogP contribution in [0.1, 0.15) is 30.5 Å². The van der Waals surface area contributed by atoms with E-state index in [0.29, 0.717) is 0 Å². The summed E-state index contributed by atoms with van der Waals surface area (Å²) in [5, 5.41) is 2.46. The normalized spacial score (nSPS) is 14.3. The fourth-order valence-electron chi connectivity index (χ4n) is 4.60. The minimum atomic E-state index is -0.0358. The third kappa shape index (κ3) is 1.94. The molecular weight excluding hydrogens is 314 g/mol. The molecule has 1 nitrogen and oxygen atoms in total. The van der Waals surface area contributed by atoms with E-state index in [2.05, 4.69) is 87.5 Å². The lowest BCUT2D eigenvalue weighted by atomic mass is 9.78. The zero-order chi connectivity index (χ0) is 17.9. The number of hydrogen-bond acceptors (Lipinski definition) is 1. The number of rotatable bonds is 1. The zero-order valence-electron chi connectivity index (χ0n) is 15.4. The number of pyridine rings is 1. The second-order valence-electron chi connectivity index (χ2n) is 7.73. The Morgan fingerprint density at radius 3 is 2.42 bits per heavy atom. The van der Waals surface area contributed by atoms with Crippen LogP contribution >= 0.6 is 0 Å². The first kappa shape index (κ1) is 15.3. The van der Waals surface area contributed by atoms with Crippen molar-refractivity contribution in [2.45, 2.75) is 26.2 Å². The molecule has 1 aromatic heterocycles. The highest BCUT2D eigenvalue weighted by Gasteiger charge is 2.38. The Kier molecular flexibility index (Phi) is 3.12. The molecule has 0 saturated heterocycles. The lowest BCUT2D eigenvalue weighted by Gasteiger charge is -2.25. The average Bonchev–Trinajstić information content (AvgIpc) is 2.89. The standard InChI is InChI=1S/C25H21N/c1-16-12-13-20-19-10-6-7-11-21(19)25(2,3)23(20)22(16)24-18-9-5-4-8-17(18)14-15-26-24/h4-15H,1-3H3. The van der Waals surface area contributed by atoms with E-state index in [9.17, 15) is 0 Å². The molecule has 0 bridgehead atoms. The number of aryl methyl sites for hydroxylation is 1. The van der Waals surface area contributed by atoms with Gasteiger partial charge in [0.2, 0.25) is 0 Å².